The smallest absolute Gasteiger partial charge is 0.321 e. The predicted octanol–water partition coefficient (Wildman–Crippen LogP) is 4.09. The zero-order valence-corrected chi connectivity index (χ0v) is 18.5. The summed E-state index contributed by atoms with van der Waals surface area (Å²) in [4.78, 5) is 28.6. The molecule has 0 unspecified atom stereocenters. The maximum atomic E-state index is 12.7. The minimum atomic E-state index is -0.0980. The standard InChI is InChI=1S/C22H29ClN6O/c1-16-15-20(27-9-4-3-5-10-27)26-21(24-16)28-11-13-29(14-12-28)22(30)25-19-8-6-7-18(23)17(19)2/h6-8,15H,3-5,9-14H2,1-2H3,(H,25,30). The third-order valence-electron chi connectivity index (χ3n) is 5.87. The summed E-state index contributed by atoms with van der Waals surface area (Å²) < 4.78 is 0. The van der Waals surface area contributed by atoms with Crippen molar-refractivity contribution >= 4 is 35.1 Å². The molecule has 0 spiro atoms. The number of nitrogens with zero attached hydrogens (tertiary/aromatic N) is 5. The molecule has 2 amide bonds. The van der Waals surface area contributed by atoms with Crippen LogP contribution in [0, 0.1) is 13.8 Å². The number of urea groups is 1. The lowest BCUT2D eigenvalue weighted by Gasteiger charge is -2.35. The minimum absolute atomic E-state index is 0.0980. The van der Waals surface area contributed by atoms with Gasteiger partial charge in [-0.05, 0) is 50.8 Å². The zero-order chi connectivity index (χ0) is 21.1. The SMILES string of the molecule is Cc1cc(N2CCCCC2)nc(N2CCN(C(=O)Nc3cccc(Cl)c3C)CC2)n1. The van der Waals surface area contributed by atoms with Gasteiger partial charge in [0.05, 0.1) is 0 Å². The maximum absolute atomic E-state index is 12.7. The Bertz CT molecular complexity index is 906. The second kappa shape index (κ2) is 9.08. The zero-order valence-electron chi connectivity index (χ0n) is 17.7. The molecule has 1 aromatic carbocycles. The van der Waals surface area contributed by atoms with Gasteiger partial charge in [0.15, 0.2) is 0 Å². The van der Waals surface area contributed by atoms with E-state index in [1.807, 2.05) is 36.9 Å². The van der Waals surface area contributed by atoms with E-state index in [9.17, 15) is 4.79 Å². The topological polar surface area (TPSA) is 64.6 Å². The number of carbonyl (C=O) groups excluding carboxylic acids is 1. The molecule has 2 saturated heterocycles. The van der Waals surface area contributed by atoms with E-state index in [0.29, 0.717) is 31.2 Å². The summed E-state index contributed by atoms with van der Waals surface area (Å²) in [5, 5.41) is 3.63. The molecule has 0 saturated carbocycles. The first-order valence-corrected chi connectivity index (χ1v) is 11.1. The Hall–Kier alpha value is -2.54. The lowest BCUT2D eigenvalue weighted by Crippen LogP contribution is -2.50. The van der Waals surface area contributed by atoms with E-state index in [-0.39, 0.29) is 6.03 Å². The van der Waals surface area contributed by atoms with Gasteiger partial charge in [-0.25, -0.2) is 9.78 Å². The Morgan fingerprint density at radius 1 is 0.967 bits per heavy atom. The fourth-order valence-electron chi connectivity index (χ4n) is 4.01. The van der Waals surface area contributed by atoms with Crippen molar-refractivity contribution in [3.63, 3.8) is 0 Å². The number of rotatable bonds is 3. The molecule has 1 N–H and O–H groups in total. The van der Waals surface area contributed by atoms with E-state index in [4.69, 9.17) is 16.6 Å². The van der Waals surface area contributed by atoms with Crippen LogP contribution >= 0.6 is 11.6 Å². The third kappa shape index (κ3) is 4.61. The molecule has 2 fully saturated rings. The van der Waals surface area contributed by atoms with Crippen molar-refractivity contribution in [3.05, 3.63) is 40.5 Å². The van der Waals surface area contributed by atoms with Crippen molar-refractivity contribution in [1.82, 2.24) is 14.9 Å². The highest BCUT2D eigenvalue weighted by atomic mass is 35.5. The van der Waals surface area contributed by atoms with Gasteiger partial charge in [-0.2, -0.15) is 4.98 Å². The number of aromatic nitrogens is 2. The number of anilines is 3. The van der Waals surface area contributed by atoms with Crippen molar-refractivity contribution < 1.29 is 4.79 Å². The van der Waals surface area contributed by atoms with Gasteiger partial charge in [-0.3, -0.25) is 0 Å². The van der Waals surface area contributed by atoms with Crippen LogP contribution in [0.2, 0.25) is 5.02 Å². The van der Waals surface area contributed by atoms with Gasteiger partial charge >= 0.3 is 6.03 Å². The number of hydrogen-bond acceptors (Lipinski definition) is 5. The number of hydrogen-bond donors (Lipinski definition) is 1. The molecule has 8 heteroatoms. The molecule has 0 radical (unpaired) electrons. The van der Waals surface area contributed by atoms with Gasteiger partial charge in [0, 0.05) is 61.7 Å². The van der Waals surface area contributed by atoms with Gasteiger partial charge in [0.25, 0.3) is 0 Å². The minimum Gasteiger partial charge on any atom is -0.356 e. The Balaban J connectivity index is 1.39. The number of aryl methyl sites for hydroxylation is 1. The Labute approximate surface area is 183 Å². The molecule has 0 bridgehead atoms. The van der Waals surface area contributed by atoms with Gasteiger partial charge in [0.1, 0.15) is 5.82 Å². The van der Waals surface area contributed by atoms with Gasteiger partial charge in [-0.15, -0.1) is 0 Å². The Kier molecular flexibility index (Phi) is 6.27. The second-order valence-corrected chi connectivity index (χ2v) is 8.44. The van der Waals surface area contributed by atoms with Crippen LogP contribution in [0.5, 0.6) is 0 Å². The fourth-order valence-corrected chi connectivity index (χ4v) is 4.18. The second-order valence-electron chi connectivity index (χ2n) is 8.03. The van der Waals surface area contributed by atoms with Gasteiger partial charge in [0.2, 0.25) is 5.95 Å². The van der Waals surface area contributed by atoms with Crippen LogP contribution in [0.15, 0.2) is 24.3 Å². The van der Waals surface area contributed by atoms with Crippen LogP contribution in [0.4, 0.5) is 22.2 Å². The molecule has 160 valence electrons. The summed E-state index contributed by atoms with van der Waals surface area (Å²) >= 11 is 6.16. The molecule has 3 heterocycles. The molecule has 0 aliphatic carbocycles. The summed E-state index contributed by atoms with van der Waals surface area (Å²) in [5.74, 6) is 1.79. The van der Waals surface area contributed by atoms with E-state index < -0.39 is 0 Å². The molecule has 2 aliphatic heterocycles. The van der Waals surface area contributed by atoms with E-state index in [1.165, 1.54) is 19.3 Å². The van der Waals surface area contributed by atoms with Gasteiger partial charge in [-0.1, -0.05) is 17.7 Å². The average molecular weight is 429 g/mol. The molecule has 0 atom stereocenters. The van der Waals surface area contributed by atoms with Crippen molar-refractivity contribution in [2.75, 3.05) is 54.4 Å². The lowest BCUT2D eigenvalue weighted by molar-refractivity contribution is 0.208. The molecule has 30 heavy (non-hydrogen) atoms. The molecule has 2 aliphatic rings. The van der Waals surface area contributed by atoms with Crippen LogP contribution < -0.4 is 15.1 Å². The number of halogens is 1. The van der Waals surface area contributed by atoms with Crippen molar-refractivity contribution in [2.45, 2.75) is 33.1 Å². The largest absolute Gasteiger partial charge is 0.356 e. The first kappa shape index (κ1) is 20.7. The summed E-state index contributed by atoms with van der Waals surface area (Å²) in [5.41, 5.74) is 2.62. The molecule has 1 aromatic heterocycles. The highest BCUT2D eigenvalue weighted by Crippen LogP contribution is 2.24. The number of piperidine rings is 1. The highest BCUT2D eigenvalue weighted by Gasteiger charge is 2.24. The van der Waals surface area contributed by atoms with Crippen LogP contribution in [0.1, 0.15) is 30.5 Å². The number of amides is 2. The Morgan fingerprint density at radius 2 is 1.70 bits per heavy atom. The summed E-state index contributed by atoms with van der Waals surface area (Å²) in [6, 6.07) is 7.52. The summed E-state index contributed by atoms with van der Waals surface area (Å²) in [6.45, 7) is 8.74. The molecule has 4 rings (SSSR count). The third-order valence-corrected chi connectivity index (χ3v) is 6.28. The molecular formula is C22H29ClN6O. The maximum Gasteiger partial charge on any atom is 0.321 e. The predicted molar refractivity (Wildman–Crippen MR) is 122 cm³/mol. The number of benzene rings is 1. The first-order valence-electron chi connectivity index (χ1n) is 10.7. The van der Waals surface area contributed by atoms with Crippen LogP contribution in [-0.4, -0.2) is 60.2 Å². The summed E-state index contributed by atoms with van der Waals surface area (Å²) in [7, 11) is 0. The first-order chi connectivity index (χ1) is 14.5. The normalized spacial score (nSPS) is 17.2. The van der Waals surface area contributed by atoms with Crippen molar-refractivity contribution in [2.24, 2.45) is 0 Å². The van der Waals surface area contributed by atoms with Crippen molar-refractivity contribution in [3.8, 4) is 0 Å². The number of piperazine rings is 1. The van der Waals surface area contributed by atoms with Crippen LogP contribution in [-0.2, 0) is 0 Å². The lowest BCUT2D eigenvalue weighted by atomic mass is 10.1. The fraction of sp³-hybridized carbons (Fsp3) is 0.500. The molecule has 7 nitrogen and oxygen atoms in total. The van der Waals surface area contributed by atoms with Gasteiger partial charge < -0.3 is 20.0 Å². The van der Waals surface area contributed by atoms with E-state index in [1.54, 1.807) is 0 Å². The quantitative estimate of drug-likeness (QED) is 0.797. The van der Waals surface area contributed by atoms with E-state index in [2.05, 4.69) is 26.2 Å². The van der Waals surface area contributed by atoms with E-state index >= 15 is 0 Å². The van der Waals surface area contributed by atoms with Crippen LogP contribution in [0.25, 0.3) is 0 Å². The van der Waals surface area contributed by atoms with Crippen molar-refractivity contribution in [1.29, 1.82) is 0 Å². The molecular weight excluding hydrogens is 400 g/mol. The Morgan fingerprint density at radius 3 is 2.43 bits per heavy atom. The number of carbonyl (C=O) groups is 1. The summed E-state index contributed by atoms with van der Waals surface area (Å²) in [6.07, 6.45) is 3.74. The van der Waals surface area contributed by atoms with Crippen LogP contribution in [0.3, 0.4) is 0 Å². The van der Waals surface area contributed by atoms with E-state index in [0.717, 1.165) is 41.8 Å². The monoisotopic (exact) mass is 428 g/mol. The average Bonchev–Trinajstić information content (AvgIpc) is 2.77. The highest BCUT2D eigenvalue weighted by molar-refractivity contribution is 6.31. The molecule has 2 aromatic rings. The number of nitrogens with one attached hydrogen (secondary N) is 1.